The van der Waals surface area contributed by atoms with Crippen molar-refractivity contribution in [3.8, 4) is 0 Å². The third kappa shape index (κ3) is 4.86. The van der Waals surface area contributed by atoms with Crippen LogP contribution in [0.5, 0.6) is 0 Å². The minimum absolute atomic E-state index is 0.0338. The van der Waals surface area contributed by atoms with E-state index in [0.717, 1.165) is 12.6 Å². The van der Waals surface area contributed by atoms with Crippen LogP contribution in [0.25, 0.3) is 0 Å². The van der Waals surface area contributed by atoms with E-state index in [1.54, 1.807) is 7.05 Å². The summed E-state index contributed by atoms with van der Waals surface area (Å²) in [6.45, 7) is 4.99. The second-order valence-corrected chi connectivity index (χ2v) is 4.37. The molecular weight excluding hydrogens is 276 g/mol. The number of nitrogens with zero attached hydrogens (tertiary/aromatic N) is 4. The molecule has 1 amide bonds. The maximum absolute atomic E-state index is 11.7. The van der Waals surface area contributed by atoms with Crippen molar-refractivity contribution in [3.63, 3.8) is 0 Å². The van der Waals surface area contributed by atoms with Crippen molar-refractivity contribution in [1.29, 1.82) is 0 Å². The van der Waals surface area contributed by atoms with Gasteiger partial charge in [0.05, 0.1) is 11.5 Å². The van der Waals surface area contributed by atoms with Crippen LogP contribution in [0, 0.1) is 10.1 Å². The Bertz CT molecular complexity index is 508. The largest absolute Gasteiger partial charge is 0.355 e. The molecule has 1 aromatic rings. The van der Waals surface area contributed by atoms with Gasteiger partial charge < -0.3 is 15.5 Å². The van der Waals surface area contributed by atoms with Crippen LogP contribution in [0.4, 0.5) is 17.5 Å². The lowest BCUT2D eigenvalue weighted by atomic mass is 10.4. The Morgan fingerprint density at radius 1 is 1.43 bits per heavy atom. The fourth-order valence-electron chi connectivity index (χ4n) is 1.43. The summed E-state index contributed by atoms with van der Waals surface area (Å²) in [5.74, 6) is 0.154. The van der Waals surface area contributed by atoms with Crippen LogP contribution in [-0.2, 0) is 4.79 Å². The van der Waals surface area contributed by atoms with Crippen molar-refractivity contribution in [2.45, 2.75) is 20.3 Å². The Morgan fingerprint density at radius 2 is 2.14 bits per heavy atom. The van der Waals surface area contributed by atoms with Gasteiger partial charge >= 0.3 is 5.69 Å². The normalized spacial score (nSPS) is 10.0. The number of nitrogens with one attached hydrogen (secondary N) is 2. The summed E-state index contributed by atoms with van der Waals surface area (Å²) >= 11 is 0. The van der Waals surface area contributed by atoms with Crippen molar-refractivity contribution in [2.75, 3.05) is 37.3 Å². The second-order valence-electron chi connectivity index (χ2n) is 4.37. The van der Waals surface area contributed by atoms with E-state index < -0.39 is 4.92 Å². The second kappa shape index (κ2) is 7.98. The molecule has 0 aliphatic carbocycles. The van der Waals surface area contributed by atoms with Gasteiger partial charge in [-0.25, -0.2) is 4.98 Å². The maximum Gasteiger partial charge on any atom is 0.329 e. The molecule has 9 heteroatoms. The Morgan fingerprint density at radius 3 is 2.71 bits per heavy atom. The standard InChI is InChI=1S/C12H20N6O3/c1-4-6-13-12-15-7-9(18(20)21)11(16-12)14-8-10(19)17(3)5-2/h7H,4-6,8H2,1-3H3,(H2,13,14,15,16). The van der Waals surface area contributed by atoms with Gasteiger partial charge in [0, 0.05) is 20.1 Å². The predicted octanol–water partition coefficient (Wildman–Crippen LogP) is 1.10. The molecular formula is C12H20N6O3. The predicted molar refractivity (Wildman–Crippen MR) is 79.3 cm³/mol. The Labute approximate surface area is 122 Å². The number of carbonyl (C=O) groups is 1. The summed E-state index contributed by atoms with van der Waals surface area (Å²) in [5, 5.41) is 16.6. The van der Waals surface area contributed by atoms with E-state index >= 15 is 0 Å². The number of aromatic nitrogens is 2. The average molecular weight is 296 g/mol. The van der Waals surface area contributed by atoms with Gasteiger partial charge in [-0.05, 0) is 13.3 Å². The lowest BCUT2D eigenvalue weighted by molar-refractivity contribution is -0.384. The summed E-state index contributed by atoms with van der Waals surface area (Å²) in [4.78, 5) is 31.5. The Kier molecular flexibility index (Phi) is 6.31. The summed E-state index contributed by atoms with van der Waals surface area (Å²) in [7, 11) is 1.66. The van der Waals surface area contributed by atoms with Gasteiger partial charge in [-0.3, -0.25) is 14.9 Å². The molecule has 1 aromatic heterocycles. The highest BCUT2D eigenvalue weighted by atomic mass is 16.6. The number of anilines is 2. The minimum atomic E-state index is -0.583. The summed E-state index contributed by atoms with van der Waals surface area (Å²) in [6.07, 6.45) is 2.00. The molecule has 1 heterocycles. The quantitative estimate of drug-likeness (QED) is 0.545. The van der Waals surface area contributed by atoms with Gasteiger partial charge in [0.2, 0.25) is 17.7 Å². The number of nitro groups is 1. The highest BCUT2D eigenvalue weighted by Crippen LogP contribution is 2.21. The summed E-state index contributed by atoms with van der Waals surface area (Å²) in [6, 6.07) is 0. The molecule has 0 saturated carbocycles. The average Bonchev–Trinajstić information content (AvgIpc) is 2.49. The number of rotatable bonds is 8. The summed E-state index contributed by atoms with van der Waals surface area (Å²) in [5.41, 5.74) is -0.260. The van der Waals surface area contributed by atoms with Crippen LogP contribution in [0.15, 0.2) is 6.20 Å². The fourth-order valence-corrected chi connectivity index (χ4v) is 1.43. The first-order chi connectivity index (χ1) is 9.99. The molecule has 1 rings (SSSR count). The molecule has 0 unspecified atom stereocenters. The molecule has 0 aliphatic rings. The number of amides is 1. The highest BCUT2D eigenvalue weighted by molar-refractivity contribution is 5.81. The van der Waals surface area contributed by atoms with E-state index in [1.807, 2.05) is 13.8 Å². The van der Waals surface area contributed by atoms with Crippen molar-refractivity contribution in [2.24, 2.45) is 0 Å². The van der Waals surface area contributed by atoms with Gasteiger partial charge in [0.1, 0.15) is 6.20 Å². The third-order valence-electron chi connectivity index (χ3n) is 2.81. The molecule has 0 radical (unpaired) electrons. The van der Waals surface area contributed by atoms with Crippen molar-refractivity contribution in [1.82, 2.24) is 14.9 Å². The summed E-state index contributed by atoms with van der Waals surface area (Å²) < 4.78 is 0. The van der Waals surface area contributed by atoms with Gasteiger partial charge in [-0.15, -0.1) is 0 Å². The minimum Gasteiger partial charge on any atom is -0.355 e. The fraction of sp³-hybridized carbons (Fsp3) is 0.583. The first kappa shape index (κ1) is 16.6. The monoisotopic (exact) mass is 296 g/mol. The molecule has 0 fully saturated rings. The Hall–Kier alpha value is -2.45. The number of hydrogen-bond acceptors (Lipinski definition) is 7. The maximum atomic E-state index is 11.7. The van der Waals surface area contributed by atoms with Gasteiger partial charge in [0.25, 0.3) is 0 Å². The molecule has 0 saturated heterocycles. The molecule has 2 N–H and O–H groups in total. The van der Waals surface area contributed by atoms with Gasteiger partial charge in [0.15, 0.2) is 0 Å². The third-order valence-corrected chi connectivity index (χ3v) is 2.81. The zero-order valence-corrected chi connectivity index (χ0v) is 12.4. The van der Waals surface area contributed by atoms with Crippen LogP contribution in [0.2, 0.25) is 0 Å². The molecule has 0 spiro atoms. The van der Waals surface area contributed by atoms with Crippen LogP contribution < -0.4 is 10.6 Å². The van der Waals surface area contributed by atoms with E-state index in [9.17, 15) is 14.9 Å². The SMILES string of the molecule is CCCNc1ncc([N+](=O)[O-])c(NCC(=O)N(C)CC)n1. The van der Waals surface area contributed by atoms with Crippen LogP contribution in [-0.4, -0.2) is 52.4 Å². The first-order valence-corrected chi connectivity index (χ1v) is 6.72. The first-order valence-electron chi connectivity index (χ1n) is 6.72. The van der Waals surface area contributed by atoms with Crippen molar-refractivity contribution >= 4 is 23.4 Å². The lowest BCUT2D eigenvalue weighted by Gasteiger charge is -2.15. The van der Waals surface area contributed by atoms with Crippen molar-refractivity contribution < 1.29 is 9.72 Å². The van der Waals surface area contributed by atoms with Crippen LogP contribution in [0.1, 0.15) is 20.3 Å². The van der Waals surface area contributed by atoms with E-state index in [-0.39, 0.29) is 24.0 Å². The van der Waals surface area contributed by atoms with Crippen LogP contribution >= 0.6 is 0 Å². The Balaban J connectivity index is 2.85. The van der Waals surface area contributed by atoms with E-state index in [4.69, 9.17) is 0 Å². The topological polar surface area (TPSA) is 113 Å². The zero-order chi connectivity index (χ0) is 15.8. The lowest BCUT2D eigenvalue weighted by Crippen LogP contribution is -2.32. The smallest absolute Gasteiger partial charge is 0.329 e. The molecule has 0 aromatic carbocycles. The molecule has 21 heavy (non-hydrogen) atoms. The molecule has 0 bridgehead atoms. The number of carbonyl (C=O) groups excluding carboxylic acids is 1. The molecule has 116 valence electrons. The van der Waals surface area contributed by atoms with Gasteiger partial charge in [-0.2, -0.15) is 4.98 Å². The molecule has 9 nitrogen and oxygen atoms in total. The number of likely N-dealkylation sites (N-methyl/N-ethyl adjacent to an activating group) is 1. The molecule has 0 atom stereocenters. The van der Waals surface area contributed by atoms with E-state index in [0.29, 0.717) is 19.0 Å². The zero-order valence-electron chi connectivity index (χ0n) is 12.4. The van der Waals surface area contributed by atoms with E-state index in [2.05, 4.69) is 20.6 Å². The highest BCUT2D eigenvalue weighted by Gasteiger charge is 2.18. The van der Waals surface area contributed by atoms with Crippen molar-refractivity contribution in [3.05, 3.63) is 16.3 Å². The number of hydrogen-bond donors (Lipinski definition) is 2. The van der Waals surface area contributed by atoms with E-state index in [1.165, 1.54) is 4.90 Å². The van der Waals surface area contributed by atoms with Crippen LogP contribution in [0.3, 0.4) is 0 Å². The van der Waals surface area contributed by atoms with Gasteiger partial charge in [-0.1, -0.05) is 6.92 Å². The molecule has 0 aliphatic heterocycles.